The number of aliphatic carboxylic acids is 1. The van der Waals surface area contributed by atoms with Crippen molar-refractivity contribution in [3.8, 4) is 0 Å². The fraction of sp³-hybridized carbons (Fsp3) is 0. The van der Waals surface area contributed by atoms with Crippen LogP contribution in [0.3, 0.4) is 0 Å². The Labute approximate surface area is 81.8 Å². The summed E-state index contributed by atoms with van der Waals surface area (Å²) < 4.78 is 0.721. The van der Waals surface area contributed by atoms with Crippen LogP contribution in [0.4, 0.5) is 0 Å². The summed E-state index contributed by atoms with van der Waals surface area (Å²) in [5, 5.41) is 19.6. The summed E-state index contributed by atoms with van der Waals surface area (Å²) in [6.45, 7) is 0. The number of carboxylic acid groups (broad SMARTS) is 1. The van der Waals surface area contributed by atoms with E-state index in [1.54, 1.807) is 6.07 Å². The van der Waals surface area contributed by atoms with Crippen LogP contribution in [0, 0.1) is 0 Å². The number of oxime groups is 1. The Kier molecular flexibility index (Phi) is 2.97. The normalized spacial score (nSPS) is 11.3. The van der Waals surface area contributed by atoms with Crippen molar-refractivity contribution in [3.05, 3.63) is 28.5 Å². The lowest BCUT2D eigenvalue weighted by atomic mass is 10.2. The van der Waals surface area contributed by atoms with E-state index in [2.05, 4.69) is 26.1 Å². The SMILES string of the molecule is O=C(O)C(=NO)c1ccc(Br)cn1. The molecule has 0 aliphatic carbocycles. The van der Waals surface area contributed by atoms with Gasteiger partial charge in [-0.25, -0.2) is 4.79 Å². The van der Waals surface area contributed by atoms with Crippen LogP contribution in [-0.4, -0.2) is 27.0 Å². The van der Waals surface area contributed by atoms with E-state index in [1.165, 1.54) is 12.3 Å². The van der Waals surface area contributed by atoms with Gasteiger partial charge in [0.2, 0.25) is 5.71 Å². The van der Waals surface area contributed by atoms with Crippen molar-refractivity contribution in [2.45, 2.75) is 0 Å². The zero-order valence-corrected chi connectivity index (χ0v) is 7.89. The van der Waals surface area contributed by atoms with Gasteiger partial charge in [0.1, 0.15) is 0 Å². The lowest BCUT2D eigenvalue weighted by Gasteiger charge is -1.97. The van der Waals surface area contributed by atoms with Gasteiger partial charge in [-0.3, -0.25) is 4.98 Å². The number of nitrogens with zero attached hydrogens (tertiary/aromatic N) is 2. The Morgan fingerprint density at radius 2 is 2.23 bits per heavy atom. The first-order chi connectivity index (χ1) is 6.15. The van der Waals surface area contributed by atoms with E-state index in [9.17, 15) is 4.79 Å². The van der Waals surface area contributed by atoms with Crippen LogP contribution in [0.1, 0.15) is 5.69 Å². The van der Waals surface area contributed by atoms with Crippen LogP contribution in [0.2, 0.25) is 0 Å². The summed E-state index contributed by atoms with van der Waals surface area (Å²) in [6.07, 6.45) is 1.42. The molecule has 1 aromatic heterocycles. The molecule has 6 heteroatoms. The van der Waals surface area contributed by atoms with Gasteiger partial charge in [-0.05, 0) is 28.1 Å². The van der Waals surface area contributed by atoms with Gasteiger partial charge >= 0.3 is 5.97 Å². The highest BCUT2D eigenvalue weighted by atomic mass is 79.9. The molecule has 0 spiro atoms. The number of aromatic nitrogens is 1. The number of pyridine rings is 1. The molecule has 1 heterocycles. The summed E-state index contributed by atoms with van der Waals surface area (Å²) in [5.41, 5.74) is -0.370. The van der Waals surface area contributed by atoms with Crippen molar-refractivity contribution < 1.29 is 15.1 Å². The van der Waals surface area contributed by atoms with Crippen LogP contribution in [0.25, 0.3) is 0 Å². The summed E-state index contributed by atoms with van der Waals surface area (Å²) in [6, 6.07) is 3.05. The van der Waals surface area contributed by atoms with Crippen LogP contribution in [0.15, 0.2) is 28.0 Å². The van der Waals surface area contributed by atoms with Crippen LogP contribution >= 0.6 is 15.9 Å². The molecule has 2 N–H and O–H groups in total. The van der Waals surface area contributed by atoms with Gasteiger partial charge in [0.05, 0.1) is 5.69 Å². The Bertz CT molecular complexity index is 347. The molecule has 0 bridgehead atoms. The molecule has 0 aliphatic rings. The minimum absolute atomic E-state index is 0.109. The topological polar surface area (TPSA) is 82.8 Å². The molecule has 0 saturated carbocycles. The smallest absolute Gasteiger partial charge is 0.360 e. The van der Waals surface area contributed by atoms with Gasteiger partial charge in [-0.2, -0.15) is 0 Å². The molecule has 1 aromatic rings. The molecule has 0 radical (unpaired) electrons. The third kappa shape index (κ3) is 2.25. The molecule has 0 saturated heterocycles. The van der Waals surface area contributed by atoms with E-state index in [1.807, 2.05) is 0 Å². The van der Waals surface area contributed by atoms with Crippen molar-refractivity contribution >= 4 is 27.6 Å². The zero-order chi connectivity index (χ0) is 9.84. The molecule has 0 atom stereocenters. The van der Waals surface area contributed by atoms with Crippen LogP contribution in [-0.2, 0) is 4.79 Å². The molecule has 5 nitrogen and oxygen atoms in total. The third-order valence-electron chi connectivity index (χ3n) is 1.27. The maximum atomic E-state index is 10.5. The van der Waals surface area contributed by atoms with Crippen molar-refractivity contribution in [2.75, 3.05) is 0 Å². The number of carbonyl (C=O) groups is 1. The lowest BCUT2D eigenvalue weighted by Crippen LogP contribution is -2.15. The zero-order valence-electron chi connectivity index (χ0n) is 6.31. The molecule has 13 heavy (non-hydrogen) atoms. The fourth-order valence-corrected chi connectivity index (χ4v) is 0.954. The molecule has 1 rings (SSSR count). The number of carboxylic acids is 1. The van der Waals surface area contributed by atoms with E-state index in [0.29, 0.717) is 0 Å². The van der Waals surface area contributed by atoms with Gasteiger partial charge in [-0.15, -0.1) is 0 Å². The van der Waals surface area contributed by atoms with Gasteiger partial charge in [-0.1, -0.05) is 5.16 Å². The summed E-state index contributed by atoms with van der Waals surface area (Å²) in [7, 11) is 0. The molecular formula is C7H5BrN2O3. The first-order valence-corrected chi connectivity index (χ1v) is 4.01. The number of hydrogen-bond acceptors (Lipinski definition) is 4. The largest absolute Gasteiger partial charge is 0.476 e. The summed E-state index contributed by atoms with van der Waals surface area (Å²) in [4.78, 5) is 14.2. The third-order valence-corrected chi connectivity index (χ3v) is 1.74. The second-order valence-corrected chi connectivity index (χ2v) is 3.03. The van der Waals surface area contributed by atoms with Crippen molar-refractivity contribution in [3.63, 3.8) is 0 Å². The highest BCUT2D eigenvalue weighted by Crippen LogP contribution is 2.08. The fourth-order valence-electron chi connectivity index (χ4n) is 0.719. The number of hydrogen-bond donors (Lipinski definition) is 2. The monoisotopic (exact) mass is 244 g/mol. The Morgan fingerprint density at radius 3 is 2.62 bits per heavy atom. The average Bonchev–Trinajstić information content (AvgIpc) is 2.09. The van der Waals surface area contributed by atoms with E-state index >= 15 is 0 Å². The van der Waals surface area contributed by atoms with Gasteiger partial charge in [0, 0.05) is 10.7 Å². The minimum atomic E-state index is -1.32. The molecular weight excluding hydrogens is 240 g/mol. The van der Waals surface area contributed by atoms with Crippen molar-refractivity contribution in [1.82, 2.24) is 4.98 Å². The number of halogens is 1. The predicted octanol–water partition coefficient (Wildman–Crippen LogP) is 1.11. The van der Waals surface area contributed by atoms with Crippen LogP contribution in [0.5, 0.6) is 0 Å². The first kappa shape index (κ1) is 9.66. The average molecular weight is 245 g/mol. The predicted molar refractivity (Wildman–Crippen MR) is 47.9 cm³/mol. The van der Waals surface area contributed by atoms with Crippen LogP contribution < -0.4 is 0 Å². The maximum Gasteiger partial charge on any atom is 0.360 e. The first-order valence-electron chi connectivity index (χ1n) is 3.22. The lowest BCUT2D eigenvalue weighted by molar-refractivity contribution is -0.129. The van der Waals surface area contributed by atoms with E-state index in [0.717, 1.165) is 4.47 Å². The van der Waals surface area contributed by atoms with E-state index < -0.39 is 11.7 Å². The summed E-state index contributed by atoms with van der Waals surface area (Å²) in [5.74, 6) is -1.32. The number of rotatable bonds is 2. The van der Waals surface area contributed by atoms with Gasteiger partial charge in [0.15, 0.2) is 0 Å². The highest BCUT2D eigenvalue weighted by molar-refractivity contribution is 9.10. The van der Waals surface area contributed by atoms with E-state index in [4.69, 9.17) is 10.3 Å². The Morgan fingerprint density at radius 1 is 1.54 bits per heavy atom. The van der Waals surface area contributed by atoms with Crippen molar-refractivity contribution in [1.29, 1.82) is 0 Å². The molecule has 0 aliphatic heterocycles. The Hall–Kier alpha value is -1.43. The van der Waals surface area contributed by atoms with Crippen molar-refractivity contribution in [2.24, 2.45) is 5.16 Å². The molecule has 0 aromatic carbocycles. The highest BCUT2D eigenvalue weighted by Gasteiger charge is 2.13. The summed E-state index contributed by atoms with van der Waals surface area (Å²) >= 11 is 3.14. The molecule has 0 unspecified atom stereocenters. The van der Waals surface area contributed by atoms with Gasteiger partial charge in [0.25, 0.3) is 0 Å². The quantitative estimate of drug-likeness (QED) is 0.464. The Balaban J connectivity index is 3.07. The second-order valence-electron chi connectivity index (χ2n) is 2.12. The maximum absolute atomic E-state index is 10.5. The molecule has 0 fully saturated rings. The minimum Gasteiger partial charge on any atom is -0.476 e. The standard InChI is InChI=1S/C7H5BrN2O3/c8-4-1-2-5(9-3-4)6(10-13)7(11)12/h1-3,13H,(H,11,12). The van der Waals surface area contributed by atoms with Gasteiger partial charge < -0.3 is 10.3 Å². The molecule has 0 amide bonds. The van der Waals surface area contributed by atoms with E-state index in [-0.39, 0.29) is 5.69 Å². The molecule has 68 valence electrons. The second kappa shape index (κ2) is 3.99.